The Labute approximate surface area is 113 Å². The van der Waals surface area contributed by atoms with Crippen LogP contribution in [0.2, 0.25) is 0 Å². The number of nitrogens with two attached hydrogens (primary N) is 1. The Morgan fingerprint density at radius 1 is 1.42 bits per heavy atom. The minimum atomic E-state index is -3.54. The van der Waals surface area contributed by atoms with E-state index in [0.29, 0.717) is 12.6 Å². The van der Waals surface area contributed by atoms with E-state index in [1.54, 1.807) is 0 Å². The van der Waals surface area contributed by atoms with Gasteiger partial charge < -0.3 is 5.73 Å². The van der Waals surface area contributed by atoms with Crippen molar-refractivity contribution >= 4 is 16.0 Å². The Kier molecular flexibility index (Phi) is 4.33. The zero-order valence-electron chi connectivity index (χ0n) is 10.9. The van der Waals surface area contributed by atoms with E-state index in [4.69, 9.17) is 5.73 Å². The maximum absolute atomic E-state index is 11.9. The molecule has 2 rings (SSSR count). The molecule has 0 radical (unpaired) electrons. The first-order valence-corrected chi connectivity index (χ1v) is 7.82. The average molecular weight is 285 g/mol. The van der Waals surface area contributed by atoms with Gasteiger partial charge >= 0.3 is 0 Å². The number of nitrogen functional groups attached to an aromatic ring is 1. The fourth-order valence-corrected chi connectivity index (χ4v) is 2.82. The lowest BCUT2D eigenvalue weighted by atomic mass is 10.4. The highest BCUT2D eigenvalue weighted by Gasteiger charge is 2.27. The molecule has 106 valence electrons. The second kappa shape index (κ2) is 5.81. The van der Waals surface area contributed by atoms with Gasteiger partial charge in [-0.15, -0.1) is 0 Å². The summed E-state index contributed by atoms with van der Waals surface area (Å²) in [5.41, 5.74) is 5.32. The first-order chi connectivity index (χ1) is 9.03. The van der Waals surface area contributed by atoms with Crippen LogP contribution in [-0.2, 0) is 10.0 Å². The second-order valence-electron chi connectivity index (χ2n) is 4.53. The highest BCUT2D eigenvalue weighted by molar-refractivity contribution is 7.89. The fraction of sp³-hybridized carbons (Fsp3) is 0.636. The Morgan fingerprint density at radius 2 is 2.05 bits per heavy atom. The minimum absolute atomic E-state index is 0.0381. The summed E-state index contributed by atoms with van der Waals surface area (Å²) in [6, 6.07) is 0.634. The van der Waals surface area contributed by atoms with Crippen molar-refractivity contribution < 1.29 is 8.42 Å². The number of aromatic nitrogens is 2. The summed E-state index contributed by atoms with van der Waals surface area (Å²) in [4.78, 5) is 9.68. The van der Waals surface area contributed by atoms with E-state index in [9.17, 15) is 8.42 Å². The lowest BCUT2D eigenvalue weighted by molar-refractivity contribution is 0.282. The zero-order valence-corrected chi connectivity index (χ0v) is 11.7. The fourth-order valence-electron chi connectivity index (χ4n) is 1.91. The van der Waals surface area contributed by atoms with Gasteiger partial charge in [-0.3, -0.25) is 4.90 Å². The summed E-state index contributed by atoms with van der Waals surface area (Å²) < 4.78 is 26.4. The van der Waals surface area contributed by atoms with Gasteiger partial charge in [-0.2, -0.15) is 0 Å². The molecule has 19 heavy (non-hydrogen) atoms. The molecule has 0 unspecified atom stereocenters. The molecule has 3 N–H and O–H groups in total. The molecule has 0 bridgehead atoms. The van der Waals surface area contributed by atoms with Gasteiger partial charge in [0, 0.05) is 19.1 Å². The number of rotatable bonds is 7. The van der Waals surface area contributed by atoms with Gasteiger partial charge in [0.1, 0.15) is 4.90 Å². The SMILES string of the molecule is CCN(CCNS(=O)(=O)c1cnc(N)nc1)C1CC1. The third-order valence-corrected chi connectivity index (χ3v) is 4.53. The van der Waals surface area contributed by atoms with Crippen molar-refractivity contribution in [2.75, 3.05) is 25.4 Å². The molecule has 1 heterocycles. The maximum Gasteiger partial charge on any atom is 0.243 e. The maximum atomic E-state index is 11.9. The van der Waals surface area contributed by atoms with Crippen LogP contribution >= 0.6 is 0 Å². The van der Waals surface area contributed by atoms with Gasteiger partial charge in [0.15, 0.2) is 0 Å². The minimum Gasteiger partial charge on any atom is -0.368 e. The third kappa shape index (κ3) is 3.85. The lowest BCUT2D eigenvalue weighted by Gasteiger charge is -2.19. The van der Waals surface area contributed by atoms with E-state index in [-0.39, 0.29) is 10.8 Å². The monoisotopic (exact) mass is 285 g/mol. The summed E-state index contributed by atoms with van der Waals surface area (Å²) in [6.45, 7) is 4.13. The van der Waals surface area contributed by atoms with Crippen LogP contribution in [0.4, 0.5) is 5.95 Å². The van der Waals surface area contributed by atoms with Crippen LogP contribution in [0.5, 0.6) is 0 Å². The van der Waals surface area contributed by atoms with Gasteiger partial charge in [-0.25, -0.2) is 23.1 Å². The summed E-state index contributed by atoms with van der Waals surface area (Å²) in [6.07, 6.45) is 4.85. The molecule has 0 aromatic carbocycles. The summed E-state index contributed by atoms with van der Waals surface area (Å²) >= 11 is 0. The second-order valence-corrected chi connectivity index (χ2v) is 6.30. The molecule has 1 aromatic heterocycles. The topological polar surface area (TPSA) is 101 Å². The van der Waals surface area contributed by atoms with E-state index < -0.39 is 10.0 Å². The molecule has 1 saturated carbocycles. The molecule has 1 aliphatic rings. The van der Waals surface area contributed by atoms with Crippen LogP contribution in [0.3, 0.4) is 0 Å². The van der Waals surface area contributed by atoms with Crippen LogP contribution in [-0.4, -0.2) is 49.0 Å². The quantitative estimate of drug-likeness (QED) is 0.721. The molecule has 0 aliphatic heterocycles. The standard InChI is InChI=1S/C11H19N5O2S/c1-2-16(9-3-4-9)6-5-15-19(17,18)10-7-13-11(12)14-8-10/h7-9,15H,2-6H2,1H3,(H2,12,13,14). The molecule has 7 nitrogen and oxygen atoms in total. The summed E-state index contributed by atoms with van der Waals surface area (Å²) in [5.74, 6) is 0.0600. The van der Waals surface area contributed by atoms with Crippen LogP contribution in [0.15, 0.2) is 17.3 Å². The zero-order chi connectivity index (χ0) is 13.9. The van der Waals surface area contributed by atoms with Gasteiger partial charge in [0.05, 0.1) is 12.4 Å². The Bertz CT molecular complexity index is 512. The number of sulfonamides is 1. The van der Waals surface area contributed by atoms with Gasteiger partial charge in [0.25, 0.3) is 0 Å². The van der Waals surface area contributed by atoms with Crippen LogP contribution in [0, 0.1) is 0 Å². The van der Waals surface area contributed by atoms with Crippen LogP contribution in [0.25, 0.3) is 0 Å². The van der Waals surface area contributed by atoms with E-state index >= 15 is 0 Å². The number of hydrogen-bond acceptors (Lipinski definition) is 6. The molecule has 0 spiro atoms. The van der Waals surface area contributed by atoms with Gasteiger partial charge in [0.2, 0.25) is 16.0 Å². The predicted octanol–water partition coefficient (Wildman–Crippen LogP) is -0.179. The van der Waals surface area contributed by atoms with Crippen molar-refractivity contribution in [2.24, 2.45) is 0 Å². The number of nitrogens with one attached hydrogen (secondary N) is 1. The highest BCUT2D eigenvalue weighted by Crippen LogP contribution is 2.25. The summed E-state index contributed by atoms with van der Waals surface area (Å²) in [5, 5.41) is 0. The smallest absolute Gasteiger partial charge is 0.243 e. The van der Waals surface area contributed by atoms with E-state index in [1.807, 2.05) is 0 Å². The van der Waals surface area contributed by atoms with Gasteiger partial charge in [-0.1, -0.05) is 6.92 Å². The van der Waals surface area contributed by atoms with Crippen molar-refractivity contribution in [3.63, 3.8) is 0 Å². The van der Waals surface area contributed by atoms with E-state index in [2.05, 4.69) is 26.5 Å². The first-order valence-electron chi connectivity index (χ1n) is 6.34. The van der Waals surface area contributed by atoms with Crippen molar-refractivity contribution in [3.05, 3.63) is 12.4 Å². The normalized spacial score (nSPS) is 15.9. The number of anilines is 1. The average Bonchev–Trinajstić information content (AvgIpc) is 3.19. The molecular weight excluding hydrogens is 266 g/mol. The van der Waals surface area contributed by atoms with Crippen molar-refractivity contribution in [2.45, 2.75) is 30.7 Å². The number of hydrogen-bond donors (Lipinski definition) is 2. The van der Waals surface area contributed by atoms with Crippen LogP contribution in [0.1, 0.15) is 19.8 Å². The third-order valence-electron chi connectivity index (χ3n) is 3.12. The molecule has 8 heteroatoms. The largest absolute Gasteiger partial charge is 0.368 e. The van der Waals surface area contributed by atoms with E-state index in [0.717, 1.165) is 13.1 Å². The first kappa shape index (κ1) is 14.2. The van der Waals surface area contributed by atoms with Crippen molar-refractivity contribution in [3.8, 4) is 0 Å². The molecule has 1 aromatic rings. The molecular formula is C11H19N5O2S. The van der Waals surface area contributed by atoms with Crippen molar-refractivity contribution in [1.82, 2.24) is 19.6 Å². The van der Waals surface area contributed by atoms with Gasteiger partial charge in [-0.05, 0) is 19.4 Å². The molecule has 0 amide bonds. The summed E-state index contributed by atoms with van der Waals surface area (Å²) in [7, 11) is -3.54. The lowest BCUT2D eigenvalue weighted by Crippen LogP contribution is -2.36. The number of nitrogens with zero attached hydrogens (tertiary/aromatic N) is 3. The Hall–Kier alpha value is -1.25. The van der Waals surface area contributed by atoms with E-state index in [1.165, 1.54) is 25.2 Å². The predicted molar refractivity (Wildman–Crippen MR) is 71.9 cm³/mol. The Balaban J connectivity index is 1.88. The number of likely N-dealkylation sites (N-methyl/N-ethyl adjacent to an activating group) is 1. The van der Waals surface area contributed by atoms with Crippen molar-refractivity contribution in [1.29, 1.82) is 0 Å². The molecule has 0 saturated heterocycles. The Morgan fingerprint density at radius 3 is 2.58 bits per heavy atom. The van der Waals surface area contributed by atoms with Crippen LogP contribution < -0.4 is 10.5 Å². The highest BCUT2D eigenvalue weighted by atomic mass is 32.2. The molecule has 1 aliphatic carbocycles. The molecule has 0 atom stereocenters. The molecule has 1 fully saturated rings.